The first-order valence-corrected chi connectivity index (χ1v) is 8.71. The van der Waals surface area contributed by atoms with Gasteiger partial charge >= 0.3 is 0 Å². The molecule has 118 valence electrons. The van der Waals surface area contributed by atoms with Gasteiger partial charge in [0.2, 0.25) is 5.91 Å². The number of anilines is 1. The Morgan fingerprint density at radius 3 is 2.32 bits per heavy atom. The predicted molar refractivity (Wildman–Crippen MR) is 77.3 cm³/mol. The lowest BCUT2D eigenvalue weighted by Crippen LogP contribution is -2.13. The van der Waals surface area contributed by atoms with Crippen molar-refractivity contribution in [2.45, 2.75) is 18.2 Å². The first-order valence-electron chi connectivity index (χ1n) is 5.83. The zero-order valence-corrected chi connectivity index (χ0v) is 12.8. The highest BCUT2D eigenvalue weighted by Gasteiger charge is 2.23. The Kier molecular flexibility index (Phi) is 3.98. The fourth-order valence-corrected chi connectivity index (χ4v) is 3.09. The normalized spacial score (nSPS) is 14.2. The van der Waals surface area contributed by atoms with E-state index in [1.165, 1.54) is 13.0 Å². The molecular weight excluding hydrogens is 334 g/mol. The summed E-state index contributed by atoms with van der Waals surface area (Å²) in [4.78, 5) is 10.2. The van der Waals surface area contributed by atoms with Crippen LogP contribution in [0.3, 0.4) is 0 Å². The summed E-state index contributed by atoms with van der Waals surface area (Å²) in [6, 6.07) is 2.12. The van der Waals surface area contributed by atoms with Gasteiger partial charge in [0, 0.05) is 18.9 Å². The number of benzene rings is 1. The molecule has 1 aromatic carbocycles. The van der Waals surface area contributed by atoms with Crippen molar-refractivity contribution in [2.24, 2.45) is 0 Å². The summed E-state index contributed by atoms with van der Waals surface area (Å²) in [7, 11) is -9.03. The number of fused-ring (bicyclic) bond motifs is 1. The molecule has 0 aromatic heterocycles. The molecule has 0 saturated carbocycles. The smallest absolute Gasteiger partial charge is 0.298 e. The van der Waals surface area contributed by atoms with E-state index in [0.717, 1.165) is 12.1 Å². The second kappa shape index (κ2) is 5.34. The largest absolute Gasteiger partial charge is 0.326 e. The minimum absolute atomic E-state index is 0.0829. The third kappa shape index (κ3) is 3.43. The third-order valence-corrected chi connectivity index (χ3v) is 4.60. The van der Waals surface area contributed by atoms with E-state index in [-0.39, 0.29) is 17.7 Å². The average Bonchev–Trinajstić information content (AvgIpc) is 2.35. The number of rotatable bonds is 3. The first kappa shape index (κ1) is 16.4. The summed E-state index contributed by atoms with van der Waals surface area (Å²) in [6.07, 6.45) is 0.890. The third-order valence-electron chi connectivity index (χ3n) is 2.89. The van der Waals surface area contributed by atoms with E-state index >= 15 is 0 Å². The van der Waals surface area contributed by atoms with Crippen LogP contribution in [0.4, 0.5) is 5.69 Å². The van der Waals surface area contributed by atoms with Gasteiger partial charge in [-0.25, -0.2) is 0 Å². The quantitative estimate of drug-likeness (QED) is 0.545. The molecule has 0 spiro atoms. The Labute approximate surface area is 126 Å². The van der Waals surface area contributed by atoms with E-state index in [4.69, 9.17) is 9.11 Å². The standard InChI is InChI=1S/C12H11NO7S2/c1-7(14)13-12-6-10(22(18,19)20)5-8-4-9(21(15,16)17)2-3-11(8)12/h3,5-6H,4H2,1H3,(H,13,14)(H,15,16,17)(H,18,19,20). The van der Waals surface area contributed by atoms with Gasteiger partial charge in [0.25, 0.3) is 20.2 Å². The highest BCUT2D eigenvalue weighted by Crippen LogP contribution is 2.31. The number of amides is 1. The molecule has 8 nitrogen and oxygen atoms in total. The van der Waals surface area contributed by atoms with Crippen molar-refractivity contribution in [1.29, 1.82) is 0 Å². The van der Waals surface area contributed by atoms with Crippen molar-refractivity contribution < 1.29 is 30.7 Å². The highest BCUT2D eigenvalue weighted by molar-refractivity contribution is 7.89. The zero-order valence-electron chi connectivity index (χ0n) is 11.2. The Hall–Kier alpha value is -1.97. The van der Waals surface area contributed by atoms with Gasteiger partial charge in [0.05, 0.1) is 10.6 Å². The van der Waals surface area contributed by atoms with Gasteiger partial charge in [0.1, 0.15) is 4.91 Å². The molecule has 0 aliphatic heterocycles. The minimum atomic E-state index is -4.55. The molecule has 1 aromatic rings. The second-order valence-corrected chi connectivity index (χ2v) is 7.43. The van der Waals surface area contributed by atoms with Crippen molar-refractivity contribution in [2.75, 3.05) is 5.32 Å². The summed E-state index contributed by atoms with van der Waals surface area (Å²) in [6.45, 7) is 1.21. The van der Waals surface area contributed by atoms with Crippen molar-refractivity contribution >= 4 is 37.9 Å². The lowest BCUT2D eigenvalue weighted by molar-refractivity contribution is -0.114. The molecule has 1 aliphatic carbocycles. The number of carbonyl (C=O) groups is 1. The fraction of sp³-hybridized carbons (Fsp3) is 0.167. The molecular formula is C12H11NO7S2. The van der Waals surface area contributed by atoms with Crippen LogP contribution in [-0.2, 0) is 31.5 Å². The van der Waals surface area contributed by atoms with Gasteiger partial charge in [-0.15, -0.1) is 5.73 Å². The zero-order chi connectivity index (χ0) is 16.7. The maximum Gasteiger partial charge on any atom is 0.298 e. The summed E-state index contributed by atoms with van der Waals surface area (Å²) < 4.78 is 63.0. The van der Waals surface area contributed by atoms with Gasteiger partial charge < -0.3 is 5.32 Å². The highest BCUT2D eigenvalue weighted by atomic mass is 32.2. The lowest BCUT2D eigenvalue weighted by atomic mass is 9.99. The van der Waals surface area contributed by atoms with Crippen molar-refractivity contribution in [3.05, 3.63) is 33.9 Å². The average molecular weight is 345 g/mol. The Morgan fingerprint density at radius 1 is 1.18 bits per heavy atom. The maximum atomic E-state index is 11.3. The molecule has 0 heterocycles. The van der Waals surface area contributed by atoms with Crippen LogP contribution < -0.4 is 5.32 Å². The monoisotopic (exact) mass is 345 g/mol. The van der Waals surface area contributed by atoms with E-state index in [9.17, 15) is 21.6 Å². The first-order chi connectivity index (χ1) is 9.98. The van der Waals surface area contributed by atoms with Crippen LogP contribution in [0, 0.1) is 0 Å². The van der Waals surface area contributed by atoms with E-state index < -0.39 is 35.9 Å². The van der Waals surface area contributed by atoms with Gasteiger partial charge in [0.15, 0.2) is 0 Å². The molecule has 0 atom stereocenters. The van der Waals surface area contributed by atoms with Gasteiger partial charge in [-0.1, -0.05) is 0 Å². The van der Waals surface area contributed by atoms with E-state index in [1.54, 1.807) is 0 Å². The second-order valence-electron chi connectivity index (χ2n) is 4.56. The van der Waals surface area contributed by atoms with E-state index in [0.29, 0.717) is 5.56 Å². The Morgan fingerprint density at radius 2 is 1.82 bits per heavy atom. The van der Waals surface area contributed by atoms with E-state index in [2.05, 4.69) is 11.0 Å². The van der Waals surface area contributed by atoms with Crippen molar-refractivity contribution in [3.8, 4) is 0 Å². The summed E-state index contributed by atoms with van der Waals surface area (Å²) in [5.74, 6) is -0.479. The molecule has 0 bridgehead atoms. The molecule has 2 rings (SSSR count). The molecule has 0 saturated heterocycles. The maximum absolute atomic E-state index is 11.3. The molecule has 10 heteroatoms. The number of allylic oxidation sites excluding steroid dienone is 1. The van der Waals surface area contributed by atoms with Crippen LogP contribution in [0.2, 0.25) is 0 Å². The number of carbonyl (C=O) groups excluding carboxylic acids is 1. The predicted octanol–water partition coefficient (Wildman–Crippen LogP) is 0.832. The van der Waals surface area contributed by atoms with Crippen LogP contribution >= 0.6 is 0 Å². The summed E-state index contributed by atoms with van der Waals surface area (Å²) >= 11 is 0. The van der Waals surface area contributed by atoms with Gasteiger partial charge in [-0.05, 0) is 23.8 Å². The molecule has 1 aliphatic rings. The number of hydrogen-bond donors (Lipinski definition) is 3. The van der Waals surface area contributed by atoms with E-state index in [1.807, 2.05) is 0 Å². The molecule has 1 amide bonds. The summed E-state index contributed by atoms with van der Waals surface area (Å²) in [5, 5.41) is 2.39. The molecule has 0 unspecified atom stereocenters. The Bertz CT molecular complexity index is 936. The minimum Gasteiger partial charge on any atom is -0.326 e. The van der Waals surface area contributed by atoms with Gasteiger partial charge in [-0.3, -0.25) is 13.9 Å². The topological polar surface area (TPSA) is 138 Å². The van der Waals surface area contributed by atoms with Crippen LogP contribution in [0.5, 0.6) is 0 Å². The van der Waals surface area contributed by atoms with Crippen molar-refractivity contribution in [1.82, 2.24) is 0 Å². The molecule has 22 heavy (non-hydrogen) atoms. The van der Waals surface area contributed by atoms with Crippen LogP contribution in [-0.4, -0.2) is 31.8 Å². The van der Waals surface area contributed by atoms with Crippen LogP contribution in [0.1, 0.15) is 18.1 Å². The molecule has 3 N–H and O–H groups in total. The van der Waals surface area contributed by atoms with Crippen LogP contribution in [0.15, 0.2) is 27.7 Å². The summed E-state index contributed by atoms with van der Waals surface area (Å²) in [5.41, 5.74) is 3.00. The number of nitrogens with one attached hydrogen (secondary N) is 1. The molecule has 0 radical (unpaired) electrons. The van der Waals surface area contributed by atoms with Crippen molar-refractivity contribution in [3.63, 3.8) is 0 Å². The lowest BCUT2D eigenvalue weighted by Gasteiger charge is -2.16. The number of hydrogen-bond acceptors (Lipinski definition) is 5. The van der Waals surface area contributed by atoms with Crippen LogP contribution in [0.25, 0.3) is 6.08 Å². The molecule has 0 fully saturated rings. The van der Waals surface area contributed by atoms with Gasteiger partial charge in [-0.2, -0.15) is 16.8 Å². The SMILES string of the molecule is CC(=O)Nc1cc(S(=O)(=O)O)cc2c1C=C=C(S(=O)(=O)O)C2. The Balaban J connectivity index is 2.71. The fourth-order valence-electron chi connectivity index (χ4n) is 1.99.